The topological polar surface area (TPSA) is 83.5 Å². The van der Waals surface area contributed by atoms with E-state index < -0.39 is 0 Å². The van der Waals surface area contributed by atoms with Crippen LogP contribution in [0, 0.1) is 6.92 Å². The van der Waals surface area contributed by atoms with Gasteiger partial charge in [0, 0.05) is 61.6 Å². The van der Waals surface area contributed by atoms with Crippen molar-refractivity contribution in [3.05, 3.63) is 29.6 Å². The molecule has 1 saturated carbocycles. The van der Waals surface area contributed by atoms with Crippen LogP contribution >= 0.6 is 0 Å². The van der Waals surface area contributed by atoms with E-state index in [1.165, 1.54) is 12.5 Å². The van der Waals surface area contributed by atoms with Crippen LogP contribution in [0.15, 0.2) is 18.3 Å². The molecule has 5 rings (SSSR count). The average Bonchev–Trinajstić information content (AvgIpc) is 3.39. The van der Waals surface area contributed by atoms with E-state index in [4.69, 9.17) is 9.72 Å². The second kappa shape index (κ2) is 6.41. The molecular weight excluding hydrogens is 356 g/mol. The van der Waals surface area contributed by atoms with Crippen molar-refractivity contribution in [2.45, 2.75) is 32.1 Å². The quantitative estimate of drug-likeness (QED) is 0.873. The molecule has 146 valence electrons. The molecule has 1 spiro atoms. The summed E-state index contributed by atoms with van der Waals surface area (Å²) in [6.07, 6.45) is 4.25. The van der Waals surface area contributed by atoms with Gasteiger partial charge < -0.3 is 19.9 Å². The largest absolute Gasteiger partial charge is 0.378 e. The maximum absolute atomic E-state index is 11.5. The summed E-state index contributed by atoms with van der Waals surface area (Å²) in [5.41, 5.74) is 3.46. The lowest BCUT2D eigenvalue weighted by atomic mass is 10.0. The second-order valence-corrected chi connectivity index (χ2v) is 7.90. The van der Waals surface area contributed by atoms with Gasteiger partial charge in [0.2, 0.25) is 11.9 Å². The number of hydrogen-bond acceptors (Lipinski definition) is 7. The van der Waals surface area contributed by atoms with E-state index >= 15 is 0 Å². The van der Waals surface area contributed by atoms with Gasteiger partial charge in [-0.05, 0) is 19.8 Å². The van der Waals surface area contributed by atoms with Gasteiger partial charge in [-0.1, -0.05) is 0 Å². The number of ether oxygens (including phenoxy) is 1. The summed E-state index contributed by atoms with van der Waals surface area (Å²) in [5.74, 6) is 2.12. The van der Waals surface area contributed by atoms with E-state index in [1.807, 2.05) is 25.3 Å². The fourth-order valence-electron chi connectivity index (χ4n) is 4.16. The number of hydrogen-bond donors (Lipinski definition) is 1. The molecule has 3 aliphatic rings. The molecule has 0 atom stereocenters. The van der Waals surface area contributed by atoms with Crippen molar-refractivity contribution < 1.29 is 9.53 Å². The van der Waals surface area contributed by atoms with Crippen LogP contribution in [-0.2, 0) is 14.9 Å². The molecule has 1 aliphatic carbocycles. The molecular formula is C20H24N6O2. The van der Waals surface area contributed by atoms with Gasteiger partial charge in [0.15, 0.2) is 0 Å². The van der Waals surface area contributed by atoms with Crippen LogP contribution in [0.4, 0.5) is 23.3 Å². The van der Waals surface area contributed by atoms with Gasteiger partial charge in [0.25, 0.3) is 0 Å². The lowest BCUT2D eigenvalue weighted by Crippen LogP contribution is -2.37. The van der Waals surface area contributed by atoms with Crippen LogP contribution in [0.1, 0.15) is 31.0 Å². The SMILES string of the molecule is CC(=O)Nc1cc2c(cn1)C1(CC1)CN2c1cc(C)nc(N2CCOCC2)n1. The molecule has 0 bridgehead atoms. The molecule has 2 aromatic rings. The minimum atomic E-state index is -0.120. The van der Waals surface area contributed by atoms with Crippen LogP contribution < -0.4 is 15.1 Å². The van der Waals surface area contributed by atoms with Gasteiger partial charge in [-0.25, -0.2) is 9.97 Å². The zero-order chi connectivity index (χ0) is 19.3. The van der Waals surface area contributed by atoms with E-state index in [2.05, 4.69) is 25.1 Å². The summed E-state index contributed by atoms with van der Waals surface area (Å²) in [7, 11) is 0. The van der Waals surface area contributed by atoms with Crippen LogP contribution in [0.2, 0.25) is 0 Å². The number of nitrogens with one attached hydrogen (secondary N) is 1. The van der Waals surface area contributed by atoms with Crippen LogP contribution in [0.3, 0.4) is 0 Å². The van der Waals surface area contributed by atoms with Crippen LogP contribution in [-0.4, -0.2) is 53.7 Å². The smallest absolute Gasteiger partial charge is 0.227 e. The summed E-state index contributed by atoms with van der Waals surface area (Å²) in [6, 6.07) is 4.00. The summed E-state index contributed by atoms with van der Waals surface area (Å²) >= 11 is 0. The third-order valence-electron chi connectivity index (χ3n) is 5.76. The summed E-state index contributed by atoms with van der Waals surface area (Å²) in [4.78, 5) is 29.9. The standard InChI is InChI=1S/C20H24N6O2/c1-13-9-18(24-19(22-13)25-5-7-28-8-6-25)26-12-20(3-4-20)15-11-21-17(10-16(15)26)23-14(2)27/h9-11H,3-8,12H2,1-2H3,(H,21,23,27). The molecule has 1 amide bonds. The Bertz CT molecular complexity index is 936. The zero-order valence-electron chi connectivity index (χ0n) is 16.2. The number of carbonyl (C=O) groups is 1. The molecule has 28 heavy (non-hydrogen) atoms. The monoisotopic (exact) mass is 380 g/mol. The first-order chi connectivity index (χ1) is 13.5. The number of morpholine rings is 1. The number of aryl methyl sites for hydroxylation is 1. The maximum Gasteiger partial charge on any atom is 0.227 e. The highest BCUT2D eigenvalue weighted by molar-refractivity contribution is 5.89. The number of pyridine rings is 1. The number of aromatic nitrogens is 3. The van der Waals surface area contributed by atoms with E-state index in [-0.39, 0.29) is 11.3 Å². The van der Waals surface area contributed by atoms with Gasteiger partial charge in [-0.3, -0.25) is 4.79 Å². The lowest BCUT2D eigenvalue weighted by molar-refractivity contribution is -0.114. The van der Waals surface area contributed by atoms with E-state index in [0.29, 0.717) is 19.0 Å². The molecule has 0 radical (unpaired) electrons. The Labute approximate surface area is 163 Å². The van der Waals surface area contributed by atoms with Crippen molar-refractivity contribution in [1.82, 2.24) is 15.0 Å². The Morgan fingerprint density at radius 1 is 1.21 bits per heavy atom. The highest BCUT2D eigenvalue weighted by atomic mass is 16.5. The van der Waals surface area contributed by atoms with Crippen molar-refractivity contribution in [1.29, 1.82) is 0 Å². The fraction of sp³-hybridized carbons (Fsp3) is 0.500. The first kappa shape index (κ1) is 17.4. The predicted molar refractivity (Wildman–Crippen MR) is 106 cm³/mol. The number of nitrogens with zero attached hydrogens (tertiary/aromatic N) is 5. The molecule has 2 fully saturated rings. The molecule has 0 aromatic carbocycles. The molecule has 8 nitrogen and oxygen atoms in total. The summed E-state index contributed by atoms with van der Waals surface area (Å²) in [5, 5.41) is 2.80. The Morgan fingerprint density at radius 2 is 2.00 bits per heavy atom. The molecule has 2 aromatic heterocycles. The second-order valence-electron chi connectivity index (χ2n) is 7.90. The number of amides is 1. The average molecular weight is 380 g/mol. The first-order valence-electron chi connectivity index (χ1n) is 9.78. The molecule has 0 unspecified atom stereocenters. The van der Waals surface area contributed by atoms with Crippen LogP contribution in [0.25, 0.3) is 0 Å². The number of carbonyl (C=O) groups excluding carboxylic acids is 1. The highest BCUT2D eigenvalue weighted by Crippen LogP contribution is 2.58. The normalized spacial score (nSPS) is 19.6. The van der Waals surface area contributed by atoms with Gasteiger partial charge in [-0.15, -0.1) is 0 Å². The molecule has 2 aliphatic heterocycles. The van der Waals surface area contributed by atoms with Crippen molar-refractivity contribution in [3.8, 4) is 0 Å². The van der Waals surface area contributed by atoms with Gasteiger partial charge >= 0.3 is 0 Å². The zero-order valence-corrected chi connectivity index (χ0v) is 16.2. The Hall–Kier alpha value is -2.74. The number of anilines is 4. The predicted octanol–water partition coefficient (Wildman–Crippen LogP) is 2.16. The van der Waals surface area contributed by atoms with Gasteiger partial charge in [0.1, 0.15) is 11.6 Å². The Morgan fingerprint density at radius 3 is 2.71 bits per heavy atom. The Kier molecular flexibility index (Phi) is 3.97. The van der Waals surface area contributed by atoms with Crippen LogP contribution in [0.5, 0.6) is 0 Å². The van der Waals surface area contributed by atoms with Gasteiger partial charge in [-0.2, -0.15) is 4.98 Å². The van der Waals surface area contributed by atoms with Crippen molar-refractivity contribution >= 4 is 29.2 Å². The highest BCUT2D eigenvalue weighted by Gasteiger charge is 2.52. The molecule has 1 N–H and O–H groups in total. The van der Waals surface area contributed by atoms with Crippen molar-refractivity contribution in [2.75, 3.05) is 48.0 Å². The minimum Gasteiger partial charge on any atom is -0.378 e. The molecule has 1 saturated heterocycles. The number of rotatable bonds is 3. The Balaban J connectivity index is 1.54. The lowest BCUT2D eigenvalue weighted by Gasteiger charge is -2.28. The fourth-order valence-corrected chi connectivity index (χ4v) is 4.16. The van der Waals surface area contributed by atoms with E-state index in [1.54, 1.807) is 0 Å². The number of fused-ring (bicyclic) bond motifs is 2. The molecule has 4 heterocycles. The van der Waals surface area contributed by atoms with E-state index in [0.717, 1.165) is 55.6 Å². The third-order valence-corrected chi connectivity index (χ3v) is 5.76. The maximum atomic E-state index is 11.5. The van der Waals surface area contributed by atoms with E-state index in [9.17, 15) is 4.79 Å². The molecule has 8 heteroatoms. The van der Waals surface area contributed by atoms with Crippen molar-refractivity contribution in [2.24, 2.45) is 0 Å². The minimum absolute atomic E-state index is 0.120. The summed E-state index contributed by atoms with van der Waals surface area (Å²) in [6.45, 7) is 7.42. The third kappa shape index (κ3) is 2.97. The van der Waals surface area contributed by atoms with Crippen molar-refractivity contribution in [3.63, 3.8) is 0 Å². The summed E-state index contributed by atoms with van der Waals surface area (Å²) < 4.78 is 5.46. The van der Waals surface area contributed by atoms with Gasteiger partial charge in [0.05, 0.1) is 18.9 Å². The first-order valence-corrected chi connectivity index (χ1v) is 9.78.